The van der Waals surface area contributed by atoms with Crippen LogP contribution in [0.1, 0.15) is 17.5 Å². The normalized spacial score (nSPS) is 16.4. The number of rotatable bonds is 7. The van der Waals surface area contributed by atoms with Gasteiger partial charge < -0.3 is 15.0 Å². The predicted octanol–water partition coefficient (Wildman–Crippen LogP) is 3.06. The zero-order valence-corrected chi connectivity index (χ0v) is 16.0. The second kappa shape index (κ2) is 8.91. The van der Waals surface area contributed by atoms with Crippen molar-refractivity contribution in [1.82, 2.24) is 10.2 Å². The van der Waals surface area contributed by atoms with Gasteiger partial charge in [-0.05, 0) is 30.2 Å². The van der Waals surface area contributed by atoms with E-state index in [0.29, 0.717) is 24.7 Å². The average molecular weight is 387 g/mol. The first-order chi connectivity index (χ1) is 13.1. The SMILES string of the molecule is COc1ccccc1CNC(=O)C1CC(=O)N(CCc2ccc(Cl)cc2)C1. The maximum Gasteiger partial charge on any atom is 0.225 e. The summed E-state index contributed by atoms with van der Waals surface area (Å²) in [4.78, 5) is 26.5. The Kier molecular flexibility index (Phi) is 6.35. The van der Waals surface area contributed by atoms with E-state index >= 15 is 0 Å². The molecule has 0 aliphatic carbocycles. The van der Waals surface area contributed by atoms with Crippen LogP contribution in [-0.4, -0.2) is 36.9 Å². The van der Waals surface area contributed by atoms with Gasteiger partial charge in [0.15, 0.2) is 0 Å². The second-order valence-electron chi connectivity index (χ2n) is 6.65. The van der Waals surface area contributed by atoms with Crippen LogP contribution in [0.2, 0.25) is 5.02 Å². The number of carbonyl (C=O) groups excluding carboxylic acids is 2. The Hall–Kier alpha value is -2.53. The first-order valence-corrected chi connectivity index (χ1v) is 9.36. The Morgan fingerprint density at radius 3 is 2.70 bits per heavy atom. The minimum Gasteiger partial charge on any atom is -0.496 e. The molecule has 0 radical (unpaired) electrons. The van der Waals surface area contributed by atoms with Crippen LogP contribution in [0, 0.1) is 5.92 Å². The highest BCUT2D eigenvalue weighted by molar-refractivity contribution is 6.30. The van der Waals surface area contributed by atoms with Crippen LogP contribution >= 0.6 is 11.6 Å². The molecule has 2 aromatic carbocycles. The Morgan fingerprint density at radius 1 is 1.22 bits per heavy atom. The van der Waals surface area contributed by atoms with E-state index in [0.717, 1.165) is 23.3 Å². The Morgan fingerprint density at radius 2 is 1.96 bits per heavy atom. The number of methoxy groups -OCH3 is 1. The van der Waals surface area contributed by atoms with E-state index in [9.17, 15) is 9.59 Å². The highest BCUT2D eigenvalue weighted by atomic mass is 35.5. The van der Waals surface area contributed by atoms with Gasteiger partial charge in [0.2, 0.25) is 11.8 Å². The molecule has 0 spiro atoms. The van der Waals surface area contributed by atoms with E-state index < -0.39 is 0 Å². The van der Waals surface area contributed by atoms with Crippen molar-refractivity contribution < 1.29 is 14.3 Å². The van der Waals surface area contributed by atoms with Crippen LogP contribution in [0.5, 0.6) is 5.75 Å². The van der Waals surface area contributed by atoms with Crippen molar-refractivity contribution >= 4 is 23.4 Å². The Balaban J connectivity index is 1.50. The molecular formula is C21H23ClN2O3. The van der Waals surface area contributed by atoms with Crippen molar-refractivity contribution in [2.45, 2.75) is 19.4 Å². The van der Waals surface area contributed by atoms with E-state index in [4.69, 9.17) is 16.3 Å². The van der Waals surface area contributed by atoms with Gasteiger partial charge in [0, 0.05) is 36.6 Å². The van der Waals surface area contributed by atoms with Crippen LogP contribution < -0.4 is 10.1 Å². The quantitative estimate of drug-likeness (QED) is 0.795. The molecule has 1 N–H and O–H groups in total. The first-order valence-electron chi connectivity index (χ1n) is 8.98. The number of hydrogen-bond acceptors (Lipinski definition) is 3. The van der Waals surface area contributed by atoms with Gasteiger partial charge >= 0.3 is 0 Å². The first kappa shape index (κ1) is 19.2. The number of hydrogen-bond donors (Lipinski definition) is 1. The summed E-state index contributed by atoms with van der Waals surface area (Å²) < 4.78 is 5.30. The molecule has 2 amide bonds. The van der Waals surface area contributed by atoms with Gasteiger partial charge in [0.1, 0.15) is 5.75 Å². The molecule has 3 rings (SSSR count). The number of nitrogens with one attached hydrogen (secondary N) is 1. The lowest BCUT2D eigenvalue weighted by molar-refractivity contribution is -0.129. The summed E-state index contributed by atoms with van der Waals surface area (Å²) in [7, 11) is 1.61. The summed E-state index contributed by atoms with van der Waals surface area (Å²) in [6.45, 7) is 1.46. The Bertz CT molecular complexity index is 807. The second-order valence-corrected chi connectivity index (χ2v) is 7.08. The fraction of sp³-hybridized carbons (Fsp3) is 0.333. The molecule has 0 saturated carbocycles. The molecule has 1 unspecified atom stereocenters. The maximum absolute atomic E-state index is 12.5. The van der Waals surface area contributed by atoms with Crippen molar-refractivity contribution in [1.29, 1.82) is 0 Å². The van der Waals surface area contributed by atoms with Gasteiger partial charge in [-0.1, -0.05) is 41.9 Å². The Labute approximate surface area is 164 Å². The molecule has 1 aliphatic rings. The van der Waals surface area contributed by atoms with E-state index in [1.54, 1.807) is 12.0 Å². The van der Waals surface area contributed by atoms with Crippen LogP contribution in [-0.2, 0) is 22.6 Å². The number of nitrogens with zero attached hydrogens (tertiary/aromatic N) is 1. The summed E-state index contributed by atoms with van der Waals surface area (Å²) in [5.74, 6) is 0.368. The van der Waals surface area contributed by atoms with E-state index in [-0.39, 0.29) is 24.2 Å². The number of halogens is 1. The molecule has 2 aromatic rings. The fourth-order valence-corrected chi connectivity index (χ4v) is 3.38. The number of benzene rings is 2. The van der Waals surface area contributed by atoms with Gasteiger partial charge in [0.25, 0.3) is 0 Å². The highest BCUT2D eigenvalue weighted by Gasteiger charge is 2.33. The summed E-state index contributed by atoms with van der Waals surface area (Å²) in [6.07, 6.45) is 1.01. The van der Waals surface area contributed by atoms with Gasteiger partial charge in [-0.15, -0.1) is 0 Å². The third kappa shape index (κ3) is 5.01. The number of likely N-dealkylation sites (tertiary alicyclic amines) is 1. The van der Waals surface area contributed by atoms with Crippen molar-refractivity contribution in [3.8, 4) is 5.75 Å². The molecule has 1 aliphatic heterocycles. The molecule has 1 atom stereocenters. The summed E-state index contributed by atoms with van der Waals surface area (Å²) >= 11 is 5.89. The summed E-state index contributed by atoms with van der Waals surface area (Å²) in [6, 6.07) is 15.2. The van der Waals surface area contributed by atoms with Crippen LogP contribution in [0.3, 0.4) is 0 Å². The van der Waals surface area contributed by atoms with E-state index in [1.807, 2.05) is 48.5 Å². The number of amides is 2. The predicted molar refractivity (Wildman–Crippen MR) is 105 cm³/mol. The molecule has 27 heavy (non-hydrogen) atoms. The fourth-order valence-electron chi connectivity index (χ4n) is 3.25. The minimum absolute atomic E-state index is 0.0291. The molecule has 0 bridgehead atoms. The molecule has 0 aromatic heterocycles. The largest absolute Gasteiger partial charge is 0.496 e. The van der Waals surface area contributed by atoms with Crippen LogP contribution in [0.25, 0.3) is 0 Å². The molecule has 1 heterocycles. The highest BCUT2D eigenvalue weighted by Crippen LogP contribution is 2.20. The smallest absolute Gasteiger partial charge is 0.225 e. The lowest BCUT2D eigenvalue weighted by Crippen LogP contribution is -2.33. The van der Waals surface area contributed by atoms with Gasteiger partial charge in [-0.2, -0.15) is 0 Å². The monoisotopic (exact) mass is 386 g/mol. The summed E-state index contributed by atoms with van der Waals surface area (Å²) in [5, 5.41) is 3.62. The van der Waals surface area contributed by atoms with Gasteiger partial charge in [-0.25, -0.2) is 0 Å². The number of carbonyl (C=O) groups is 2. The number of para-hydroxylation sites is 1. The molecule has 6 heteroatoms. The van der Waals surface area contributed by atoms with Crippen molar-refractivity contribution in [3.05, 3.63) is 64.7 Å². The average Bonchev–Trinajstić information content (AvgIpc) is 3.06. The van der Waals surface area contributed by atoms with Crippen molar-refractivity contribution in [2.24, 2.45) is 5.92 Å². The maximum atomic E-state index is 12.5. The van der Waals surface area contributed by atoms with Crippen LogP contribution in [0.4, 0.5) is 0 Å². The third-order valence-corrected chi connectivity index (χ3v) is 5.07. The molecule has 1 saturated heterocycles. The summed E-state index contributed by atoms with van der Waals surface area (Å²) in [5.41, 5.74) is 2.04. The number of ether oxygens (including phenoxy) is 1. The van der Waals surface area contributed by atoms with E-state index in [2.05, 4.69) is 5.32 Å². The molecule has 142 valence electrons. The van der Waals surface area contributed by atoms with Crippen molar-refractivity contribution in [2.75, 3.05) is 20.2 Å². The third-order valence-electron chi connectivity index (χ3n) is 4.81. The lowest BCUT2D eigenvalue weighted by Gasteiger charge is -2.17. The van der Waals surface area contributed by atoms with Gasteiger partial charge in [0.05, 0.1) is 13.0 Å². The van der Waals surface area contributed by atoms with Gasteiger partial charge in [-0.3, -0.25) is 9.59 Å². The topological polar surface area (TPSA) is 58.6 Å². The molecule has 1 fully saturated rings. The van der Waals surface area contributed by atoms with Crippen LogP contribution in [0.15, 0.2) is 48.5 Å². The standard InChI is InChI=1S/C21H23ClN2O3/c1-27-19-5-3-2-4-16(19)13-23-21(26)17-12-20(25)24(14-17)11-10-15-6-8-18(22)9-7-15/h2-9,17H,10-14H2,1H3,(H,23,26). The zero-order valence-electron chi connectivity index (χ0n) is 15.3. The minimum atomic E-state index is -0.308. The molecule has 5 nitrogen and oxygen atoms in total. The lowest BCUT2D eigenvalue weighted by atomic mass is 10.1. The van der Waals surface area contributed by atoms with Crippen molar-refractivity contribution in [3.63, 3.8) is 0 Å². The van der Waals surface area contributed by atoms with E-state index in [1.165, 1.54) is 0 Å². The molecular weight excluding hydrogens is 364 g/mol. The zero-order chi connectivity index (χ0) is 19.2.